The Morgan fingerprint density at radius 3 is 2.48 bits per heavy atom. The Morgan fingerprint density at radius 2 is 1.76 bits per heavy atom. The van der Waals surface area contributed by atoms with Gasteiger partial charge in [0.15, 0.2) is 0 Å². The van der Waals surface area contributed by atoms with Crippen molar-refractivity contribution in [3.63, 3.8) is 0 Å². The lowest BCUT2D eigenvalue weighted by atomic mass is 10.1. The van der Waals surface area contributed by atoms with Crippen LogP contribution in [0.1, 0.15) is 23.5 Å². The van der Waals surface area contributed by atoms with E-state index >= 15 is 0 Å². The summed E-state index contributed by atoms with van der Waals surface area (Å²) in [6.45, 7) is 0.281. The molecule has 0 aliphatic heterocycles. The summed E-state index contributed by atoms with van der Waals surface area (Å²) >= 11 is 0. The molecule has 6 heteroatoms. The zero-order valence-electron chi connectivity index (χ0n) is 15.4. The van der Waals surface area contributed by atoms with Crippen LogP contribution in [0.2, 0.25) is 0 Å². The summed E-state index contributed by atoms with van der Waals surface area (Å²) in [5.41, 5.74) is 1.00. The van der Waals surface area contributed by atoms with Gasteiger partial charge in [0.25, 0.3) is 0 Å². The second-order valence-corrected chi connectivity index (χ2v) is 7.06. The summed E-state index contributed by atoms with van der Waals surface area (Å²) in [6, 6.07) is 18.9. The number of hydrogen-bond acceptors (Lipinski definition) is 3. The molecule has 0 amide bonds. The van der Waals surface area contributed by atoms with Crippen molar-refractivity contribution in [3.05, 3.63) is 89.5 Å². The average Bonchev–Trinajstić information content (AvgIpc) is 3.50. The van der Waals surface area contributed by atoms with Gasteiger partial charge in [0, 0.05) is 18.5 Å². The molecule has 1 saturated carbocycles. The number of aliphatic carboxylic acids is 1. The lowest BCUT2D eigenvalue weighted by molar-refractivity contribution is -0.138. The molecule has 3 aromatic carbocycles. The Kier molecular flexibility index (Phi) is 5.16. The fraction of sp³-hybridized carbons (Fsp3) is 0.174. The van der Waals surface area contributed by atoms with Crippen molar-refractivity contribution in [2.24, 2.45) is 5.92 Å². The van der Waals surface area contributed by atoms with Gasteiger partial charge in [0.1, 0.15) is 23.1 Å². The maximum absolute atomic E-state index is 14.4. The van der Waals surface area contributed by atoms with Crippen molar-refractivity contribution in [2.75, 3.05) is 5.32 Å². The third kappa shape index (κ3) is 4.37. The van der Waals surface area contributed by atoms with E-state index in [2.05, 4.69) is 5.32 Å². The molecule has 2 atom stereocenters. The van der Waals surface area contributed by atoms with E-state index in [1.165, 1.54) is 0 Å². The molecule has 1 aliphatic rings. The van der Waals surface area contributed by atoms with Crippen LogP contribution >= 0.6 is 0 Å². The lowest BCUT2D eigenvalue weighted by Crippen LogP contribution is -2.05. The van der Waals surface area contributed by atoms with Crippen LogP contribution in [-0.4, -0.2) is 11.1 Å². The summed E-state index contributed by atoms with van der Waals surface area (Å²) in [5.74, 6) is -1.91. The first-order chi connectivity index (χ1) is 14.0. The zero-order valence-corrected chi connectivity index (χ0v) is 15.4. The summed E-state index contributed by atoms with van der Waals surface area (Å²) in [7, 11) is 0. The third-order valence-electron chi connectivity index (χ3n) is 4.95. The standard InChI is InChI=1S/C23H19F2NO3/c24-20-12-22(21(25)11-18(20)17-10-19(17)23(27)28)26-13-14-5-4-8-16(9-14)29-15-6-2-1-3-7-15/h1-9,11-12,17,19,26H,10,13H2,(H,27,28)/t17-,19+/m1/s1. The smallest absolute Gasteiger partial charge is 0.307 e. The molecule has 1 aliphatic carbocycles. The van der Waals surface area contributed by atoms with E-state index < -0.39 is 29.4 Å². The minimum absolute atomic E-state index is 0.0353. The van der Waals surface area contributed by atoms with E-state index in [4.69, 9.17) is 9.84 Å². The molecular weight excluding hydrogens is 376 g/mol. The van der Waals surface area contributed by atoms with Crippen LogP contribution < -0.4 is 10.1 Å². The topological polar surface area (TPSA) is 58.6 Å². The molecular formula is C23H19F2NO3. The molecule has 0 radical (unpaired) electrons. The summed E-state index contributed by atoms with van der Waals surface area (Å²) in [6.07, 6.45) is 0.340. The van der Waals surface area contributed by atoms with Crippen LogP contribution in [0.3, 0.4) is 0 Å². The first-order valence-electron chi connectivity index (χ1n) is 9.28. The Bertz CT molecular complexity index is 1040. The fourth-order valence-corrected chi connectivity index (χ4v) is 3.33. The monoisotopic (exact) mass is 395 g/mol. The minimum atomic E-state index is -0.977. The van der Waals surface area contributed by atoms with Gasteiger partial charge in [0.05, 0.1) is 11.6 Å². The molecule has 0 unspecified atom stereocenters. The number of para-hydroxylation sites is 1. The predicted molar refractivity (Wildman–Crippen MR) is 105 cm³/mol. The van der Waals surface area contributed by atoms with Crippen molar-refractivity contribution in [3.8, 4) is 11.5 Å². The first-order valence-corrected chi connectivity index (χ1v) is 9.28. The van der Waals surface area contributed by atoms with Crippen molar-refractivity contribution in [1.29, 1.82) is 0 Å². The van der Waals surface area contributed by atoms with E-state index in [-0.39, 0.29) is 17.8 Å². The van der Waals surface area contributed by atoms with E-state index in [9.17, 15) is 13.6 Å². The zero-order chi connectivity index (χ0) is 20.4. The van der Waals surface area contributed by atoms with Gasteiger partial charge in [-0.05, 0) is 47.9 Å². The number of carbonyl (C=O) groups is 1. The molecule has 0 heterocycles. The van der Waals surface area contributed by atoms with Crippen molar-refractivity contribution < 1.29 is 23.4 Å². The SMILES string of the molecule is O=C(O)[C@H]1C[C@@H]1c1cc(F)c(NCc2cccc(Oc3ccccc3)c2)cc1F. The summed E-state index contributed by atoms with van der Waals surface area (Å²) in [5, 5.41) is 11.9. The van der Waals surface area contributed by atoms with Crippen LogP contribution in [0.4, 0.5) is 14.5 Å². The highest BCUT2D eigenvalue weighted by atomic mass is 19.1. The van der Waals surface area contributed by atoms with Crippen molar-refractivity contribution >= 4 is 11.7 Å². The normalized spacial score (nSPS) is 17.6. The Hall–Kier alpha value is -3.41. The number of anilines is 1. The van der Waals surface area contributed by atoms with Gasteiger partial charge >= 0.3 is 5.97 Å². The maximum Gasteiger partial charge on any atom is 0.307 e. The number of benzene rings is 3. The molecule has 29 heavy (non-hydrogen) atoms. The lowest BCUT2D eigenvalue weighted by Gasteiger charge is -2.12. The van der Waals surface area contributed by atoms with E-state index in [0.29, 0.717) is 17.9 Å². The highest BCUT2D eigenvalue weighted by Crippen LogP contribution is 2.49. The van der Waals surface area contributed by atoms with Gasteiger partial charge < -0.3 is 15.2 Å². The molecule has 0 aromatic heterocycles. The Labute approximate surface area is 166 Å². The van der Waals surface area contributed by atoms with Gasteiger partial charge in [-0.15, -0.1) is 0 Å². The van der Waals surface area contributed by atoms with Crippen LogP contribution in [0.5, 0.6) is 11.5 Å². The maximum atomic E-state index is 14.4. The van der Waals surface area contributed by atoms with Crippen molar-refractivity contribution in [2.45, 2.75) is 18.9 Å². The van der Waals surface area contributed by atoms with Gasteiger partial charge in [0.2, 0.25) is 0 Å². The van der Waals surface area contributed by atoms with E-state index in [1.54, 1.807) is 0 Å². The minimum Gasteiger partial charge on any atom is -0.481 e. The number of halogens is 2. The second-order valence-electron chi connectivity index (χ2n) is 7.06. The molecule has 0 saturated heterocycles. The van der Waals surface area contributed by atoms with Crippen LogP contribution in [-0.2, 0) is 11.3 Å². The van der Waals surface area contributed by atoms with Crippen LogP contribution in [0.15, 0.2) is 66.7 Å². The van der Waals surface area contributed by atoms with Gasteiger partial charge in [-0.3, -0.25) is 4.79 Å². The second kappa shape index (κ2) is 7.91. The van der Waals surface area contributed by atoms with Gasteiger partial charge in [-0.2, -0.15) is 0 Å². The van der Waals surface area contributed by atoms with Gasteiger partial charge in [-0.25, -0.2) is 8.78 Å². The predicted octanol–water partition coefficient (Wildman–Crippen LogP) is 5.56. The molecule has 1 fully saturated rings. The highest BCUT2D eigenvalue weighted by Gasteiger charge is 2.45. The fourth-order valence-electron chi connectivity index (χ4n) is 3.33. The quantitative estimate of drug-likeness (QED) is 0.550. The number of rotatable bonds is 7. The van der Waals surface area contributed by atoms with E-state index in [0.717, 1.165) is 17.7 Å². The van der Waals surface area contributed by atoms with Crippen LogP contribution in [0, 0.1) is 17.6 Å². The van der Waals surface area contributed by atoms with Gasteiger partial charge in [-0.1, -0.05) is 30.3 Å². The first kappa shape index (κ1) is 18.9. The number of hydrogen-bond donors (Lipinski definition) is 2. The van der Waals surface area contributed by atoms with Crippen LogP contribution in [0.25, 0.3) is 0 Å². The van der Waals surface area contributed by atoms with E-state index in [1.807, 2.05) is 54.6 Å². The molecule has 4 rings (SSSR count). The van der Waals surface area contributed by atoms with Crippen molar-refractivity contribution in [1.82, 2.24) is 0 Å². The largest absolute Gasteiger partial charge is 0.481 e. The summed E-state index contributed by atoms with van der Waals surface area (Å²) in [4.78, 5) is 11.0. The number of carboxylic acids is 1. The Balaban J connectivity index is 1.43. The molecule has 0 spiro atoms. The molecule has 2 N–H and O–H groups in total. The molecule has 148 valence electrons. The molecule has 4 nitrogen and oxygen atoms in total. The third-order valence-corrected chi connectivity index (χ3v) is 4.95. The highest BCUT2D eigenvalue weighted by molar-refractivity contribution is 5.75. The number of nitrogens with one attached hydrogen (secondary N) is 1. The molecule has 0 bridgehead atoms. The number of carboxylic acid groups (broad SMARTS) is 1. The summed E-state index contributed by atoms with van der Waals surface area (Å²) < 4.78 is 34.6. The number of ether oxygens (including phenoxy) is 1. The average molecular weight is 395 g/mol. The molecule has 3 aromatic rings. The Morgan fingerprint density at radius 1 is 1.00 bits per heavy atom.